The molecule has 2 aromatic rings. The number of rotatable bonds is 2. The molecule has 4 rings (SSSR count). The van der Waals surface area contributed by atoms with Crippen LogP contribution in [0.1, 0.15) is 20.7 Å². The Morgan fingerprint density at radius 2 is 1.29 bits per heavy atom. The van der Waals surface area contributed by atoms with Crippen LogP contribution in [0.5, 0.6) is 28.7 Å². The molecule has 0 spiro atoms. The smallest absolute Gasteiger partial charge is 0.254 e. The first-order valence-corrected chi connectivity index (χ1v) is 8.67. The summed E-state index contributed by atoms with van der Waals surface area (Å²) in [6.07, 6.45) is 0. The molecular formula is C19H18N2O7. The summed E-state index contributed by atoms with van der Waals surface area (Å²) in [5.41, 5.74) is 0.542. The molecule has 9 nitrogen and oxygen atoms in total. The second-order valence-corrected chi connectivity index (χ2v) is 6.52. The van der Waals surface area contributed by atoms with Crippen molar-refractivity contribution in [1.29, 1.82) is 0 Å². The summed E-state index contributed by atoms with van der Waals surface area (Å²) in [7, 11) is 0. The SMILES string of the molecule is O=C(c1cc(O)c(O)c(O)c1)N1CCN(C(=O)c2ccc3c(c2)OCO3)CC1. The van der Waals surface area contributed by atoms with E-state index in [1.807, 2.05) is 0 Å². The number of nitrogens with zero attached hydrogens (tertiary/aromatic N) is 2. The van der Waals surface area contributed by atoms with E-state index in [1.54, 1.807) is 23.1 Å². The first kappa shape index (κ1) is 17.8. The van der Waals surface area contributed by atoms with Crippen LogP contribution in [0.2, 0.25) is 0 Å². The van der Waals surface area contributed by atoms with Crippen LogP contribution in [0.25, 0.3) is 0 Å². The highest BCUT2D eigenvalue weighted by Gasteiger charge is 2.27. The summed E-state index contributed by atoms with van der Waals surface area (Å²) in [5.74, 6) is -1.24. The predicted molar refractivity (Wildman–Crippen MR) is 95.8 cm³/mol. The van der Waals surface area contributed by atoms with Gasteiger partial charge >= 0.3 is 0 Å². The topological polar surface area (TPSA) is 120 Å². The quantitative estimate of drug-likeness (QED) is 0.662. The maximum atomic E-state index is 12.7. The maximum Gasteiger partial charge on any atom is 0.254 e. The Bertz CT molecular complexity index is 928. The van der Waals surface area contributed by atoms with Crippen LogP contribution in [-0.2, 0) is 0 Å². The first-order valence-electron chi connectivity index (χ1n) is 8.67. The molecule has 2 aliphatic heterocycles. The highest BCUT2D eigenvalue weighted by Crippen LogP contribution is 2.36. The van der Waals surface area contributed by atoms with Gasteiger partial charge in [-0.15, -0.1) is 0 Å². The van der Waals surface area contributed by atoms with Crippen LogP contribution in [-0.4, -0.2) is 69.9 Å². The molecule has 0 radical (unpaired) electrons. The summed E-state index contributed by atoms with van der Waals surface area (Å²) in [6.45, 7) is 1.43. The van der Waals surface area contributed by atoms with Crippen molar-refractivity contribution >= 4 is 11.8 Å². The van der Waals surface area contributed by atoms with Crippen LogP contribution in [0, 0.1) is 0 Å². The molecule has 0 atom stereocenters. The number of aromatic hydroxyl groups is 3. The molecule has 28 heavy (non-hydrogen) atoms. The van der Waals surface area contributed by atoms with Crippen molar-refractivity contribution in [2.45, 2.75) is 0 Å². The summed E-state index contributed by atoms with van der Waals surface area (Å²) >= 11 is 0. The monoisotopic (exact) mass is 386 g/mol. The van der Waals surface area contributed by atoms with E-state index in [0.717, 1.165) is 12.1 Å². The zero-order chi connectivity index (χ0) is 19.8. The van der Waals surface area contributed by atoms with Crippen LogP contribution in [0.4, 0.5) is 0 Å². The molecule has 0 aliphatic carbocycles. The van der Waals surface area contributed by atoms with Crippen molar-refractivity contribution in [2.75, 3.05) is 33.0 Å². The number of carbonyl (C=O) groups is 2. The van der Waals surface area contributed by atoms with Crippen LogP contribution < -0.4 is 9.47 Å². The first-order chi connectivity index (χ1) is 13.4. The van der Waals surface area contributed by atoms with E-state index in [9.17, 15) is 24.9 Å². The molecule has 146 valence electrons. The van der Waals surface area contributed by atoms with Crippen molar-refractivity contribution < 1.29 is 34.4 Å². The van der Waals surface area contributed by atoms with Gasteiger partial charge in [0.25, 0.3) is 11.8 Å². The molecule has 3 N–H and O–H groups in total. The van der Waals surface area contributed by atoms with Gasteiger partial charge in [0, 0.05) is 37.3 Å². The van der Waals surface area contributed by atoms with Crippen molar-refractivity contribution in [3.8, 4) is 28.7 Å². The average Bonchev–Trinajstić information content (AvgIpc) is 3.18. The number of amides is 2. The zero-order valence-corrected chi connectivity index (χ0v) is 14.8. The van der Waals surface area contributed by atoms with Gasteiger partial charge in [-0.05, 0) is 30.3 Å². The molecule has 2 aromatic carbocycles. The highest BCUT2D eigenvalue weighted by molar-refractivity contribution is 5.97. The fourth-order valence-electron chi connectivity index (χ4n) is 3.24. The highest BCUT2D eigenvalue weighted by atomic mass is 16.7. The van der Waals surface area contributed by atoms with Gasteiger partial charge in [0.05, 0.1) is 0 Å². The molecule has 0 unspecified atom stereocenters. The maximum absolute atomic E-state index is 12.7. The van der Waals surface area contributed by atoms with E-state index >= 15 is 0 Å². The number of phenolic OH excluding ortho intramolecular Hbond substituents is 3. The third-order valence-corrected chi connectivity index (χ3v) is 4.79. The molecule has 2 heterocycles. The molecular weight excluding hydrogens is 368 g/mol. The van der Waals surface area contributed by atoms with E-state index < -0.39 is 23.2 Å². The van der Waals surface area contributed by atoms with Gasteiger partial charge in [0.1, 0.15) is 0 Å². The van der Waals surface area contributed by atoms with Gasteiger partial charge in [0.2, 0.25) is 6.79 Å². The van der Waals surface area contributed by atoms with E-state index in [2.05, 4.69) is 0 Å². The van der Waals surface area contributed by atoms with Crippen molar-refractivity contribution in [2.24, 2.45) is 0 Å². The number of hydrogen-bond acceptors (Lipinski definition) is 7. The molecule has 2 amide bonds. The lowest BCUT2D eigenvalue weighted by Crippen LogP contribution is -2.50. The standard InChI is InChI=1S/C19H18N2O7/c22-13-7-12(8-14(23)17(13)24)19(26)21-5-3-20(4-6-21)18(25)11-1-2-15-16(9-11)28-10-27-15/h1-2,7-9,22-24H,3-6,10H2. The van der Waals surface area contributed by atoms with Gasteiger partial charge in [-0.3, -0.25) is 9.59 Å². The third-order valence-electron chi connectivity index (χ3n) is 4.79. The minimum Gasteiger partial charge on any atom is -0.504 e. The normalized spacial score (nSPS) is 15.6. The van der Waals surface area contributed by atoms with Crippen LogP contribution in [0.15, 0.2) is 30.3 Å². The molecule has 1 saturated heterocycles. The lowest BCUT2D eigenvalue weighted by atomic mass is 10.1. The minimum atomic E-state index is -0.671. The molecule has 0 aromatic heterocycles. The van der Waals surface area contributed by atoms with E-state index in [1.165, 1.54) is 4.90 Å². The van der Waals surface area contributed by atoms with E-state index in [0.29, 0.717) is 43.2 Å². The second-order valence-electron chi connectivity index (χ2n) is 6.52. The van der Waals surface area contributed by atoms with Gasteiger partial charge in [0.15, 0.2) is 28.7 Å². The molecule has 2 aliphatic rings. The molecule has 9 heteroatoms. The van der Waals surface area contributed by atoms with Crippen LogP contribution >= 0.6 is 0 Å². The third kappa shape index (κ3) is 3.11. The number of piperazine rings is 1. The van der Waals surface area contributed by atoms with E-state index in [4.69, 9.17) is 9.47 Å². The summed E-state index contributed by atoms with van der Waals surface area (Å²) < 4.78 is 10.5. The van der Waals surface area contributed by atoms with Gasteiger partial charge < -0.3 is 34.6 Å². The van der Waals surface area contributed by atoms with Crippen LogP contribution in [0.3, 0.4) is 0 Å². The Balaban J connectivity index is 1.41. The van der Waals surface area contributed by atoms with Crippen molar-refractivity contribution in [1.82, 2.24) is 9.80 Å². The summed E-state index contributed by atoms with van der Waals surface area (Å²) in [4.78, 5) is 28.5. The Labute approximate surface area is 159 Å². The lowest BCUT2D eigenvalue weighted by molar-refractivity contribution is 0.0535. The Hall–Kier alpha value is -3.62. The number of fused-ring (bicyclic) bond motifs is 1. The van der Waals surface area contributed by atoms with Crippen molar-refractivity contribution in [3.63, 3.8) is 0 Å². The fraction of sp³-hybridized carbons (Fsp3) is 0.263. The largest absolute Gasteiger partial charge is 0.504 e. The number of carbonyl (C=O) groups excluding carboxylic acids is 2. The summed E-state index contributed by atoms with van der Waals surface area (Å²) in [5, 5.41) is 28.6. The average molecular weight is 386 g/mol. The fourth-order valence-corrected chi connectivity index (χ4v) is 3.24. The number of benzene rings is 2. The Morgan fingerprint density at radius 1 is 0.750 bits per heavy atom. The van der Waals surface area contributed by atoms with Gasteiger partial charge in [-0.1, -0.05) is 0 Å². The Kier molecular flexibility index (Phi) is 4.34. The lowest BCUT2D eigenvalue weighted by Gasteiger charge is -2.35. The molecule has 1 fully saturated rings. The Morgan fingerprint density at radius 3 is 1.89 bits per heavy atom. The number of ether oxygens (including phenoxy) is 2. The number of phenols is 3. The molecule has 0 saturated carbocycles. The van der Waals surface area contributed by atoms with E-state index in [-0.39, 0.29) is 18.3 Å². The predicted octanol–water partition coefficient (Wildman–Crippen LogP) is 1.13. The van der Waals surface area contributed by atoms with Crippen molar-refractivity contribution in [3.05, 3.63) is 41.5 Å². The van der Waals surface area contributed by atoms with Gasteiger partial charge in [-0.2, -0.15) is 0 Å². The van der Waals surface area contributed by atoms with Gasteiger partial charge in [-0.25, -0.2) is 0 Å². The minimum absolute atomic E-state index is 0.0587. The zero-order valence-electron chi connectivity index (χ0n) is 14.8. The number of hydrogen-bond donors (Lipinski definition) is 3. The second kappa shape index (κ2) is 6.84. The summed E-state index contributed by atoms with van der Waals surface area (Å²) in [6, 6.07) is 7.21. The molecule has 0 bridgehead atoms.